The van der Waals surface area contributed by atoms with Crippen molar-refractivity contribution in [3.63, 3.8) is 0 Å². The minimum absolute atomic E-state index is 0.0777. The average Bonchev–Trinajstić information content (AvgIpc) is 3.31. The number of aromatic nitrogens is 2. The smallest absolute Gasteiger partial charge is 0.356 e. The third-order valence-electron chi connectivity index (χ3n) is 3.94. The van der Waals surface area contributed by atoms with E-state index < -0.39 is 5.97 Å². The van der Waals surface area contributed by atoms with Gasteiger partial charge in [0.2, 0.25) is 0 Å². The van der Waals surface area contributed by atoms with Crippen LogP contribution in [0.5, 0.6) is 0 Å². The van der Waals surface area contributed by atoms with Crippen molar-refractivity contribution in [1.82, 2.24) is 9.38 Å². The number of thiophene rings is 1. The number of amides is 1. The minimum atomic E-state index is -1.12. The molecule has 0 aliphatic carbocycles. The van der Waals surface area contributed by atoms with Crippen LogP contribution >= 0.6 is 11.3 Å². The first kappa shape index (κ1) is 15.8. The van der Waals surface area contributed by atoms with Crippen LogP contribution in [0.2, 0.25) is 0 Å². The lowest BCUT2D eigenvalue weighted by atomic mass is 10.1. The van der Waals surface area contributed by atoms with Crippen LogP contribution in [0.25, 0.3) is 16.6 Å². The van der Waals surface area contributed by atoms with Gasteiger partial charge in [-0.2, -0.15) is 5.26 Å². The molecule has 0 atom stereocenters. The Hall–Kier alpha value is -3.70. The SMILES string of the molecule is N#Cc1ccc2c(ccc3nc(C(=O)O)cn32)c1NC(=O)c1cccs1. The van der Waals surface area contributed by atoms with E-state index in [9.17, 15) is 14.9 Å². The van der Waals surface area contributed by atoms with Crippen LogP contribution in [-0.2, 0) is 0 Å². The molecule has 1 aromatic carbocycles. The van der Waals surface area contributed by atoms with Crippen LogP contribution in [0.3, 0.4) is 0 Å². The fourth-order valence-electron chi connectivity index (χ4n) is 2.76. The number of hydrogen-bond donors (Lipinski definition) is 2. The second kappa shape index (κ2) is 5.98. The molecule has 0 saturated heterocycles. The van der Waals surface area contributed by atoms with E-state index >= 15 is 0 Å². The molecular weight excluding hydrogens is 352 g/mol. The number of rotatable bonds is 3. The maximum Gasteiger partial charge on any atom is 0.356 e. The number of hydrogen-bond acceptors (Lipinski definition) is 5. The summed E-state index contributed by atoms with van der Waals surface area (Å²) in [4.78, 5) is 28.2. The second-order valence-electron chi connectivity index (χ2n) is 5.46. The monoisotopic (exact) mass is 362 g/mol. The third-order valence-corrected chi connectivity index (χ3v) is 4.81. The average molecular weight is 362 g/mol. The van der Waals surface area contributed by atoms with Crippen molar-refractivity contribution in [3.8, 4) is 6.07 Å². The molecule has 0 spiro atoms. The molecule has 0 bridgehead atoms. The molecule has 8 heteroatoms. The molecule has 0 saturated carbocycles. The molecule has 126 valence electrons. The van der Waals surface area contributed by atoms with Crippen molar-refractivity contribution in [2.24, 2.45) is 0 Å². The van der Waals surface area contributed by atoms with E-state index in [1.54, 1.807) is 46.2 Å². The van der Waals surface area contributed by atoms with Gasteiger partial charge in [-0.25, -0.2) is 9.78 Å². The van der Waals surface area contributed by atoms with E-state index in [0.29, 0.717) is 32.7 Å². The Kier molecular flexibility index (Phi) is 3.64. The molecule has 0 aliphatic rings. The first-order valence-electron chi connectivity index (χ1n) is 7.51. The highest BCUT2D eigenvalue weighted by Gasteiger charge is 2.16. The lowest BCUT2D eigenvalue weighted by molar-refractivity contribution is 0.0691. The van der Waals surface area contributed by atoms with Gasteiger partial charge in [-0.1, -0.05) is 6.07 Å². The molecule has 7 nitrogen and oxygen atoms in total. The number of nitriles is 1. The third kappa shape index (κ3) is 2.47. The van der Waals surface area contributed by atoms with Crippen LogP contribution in [0.4, 0.5) is 5.69 Å². The van der Waals surface area contributed by atoms with Gasteiger partial charge in [-0.05, 0) is 35.7 Å². The van der Waals surface area contributed by atoms with E-state index in [-0.39, 0.29) is 11.6 Å². The molecule has 0 radical (unpaired) electrons. The number of carbonyl (C=O) groups is 2. The molecule has 3 aromatic heterocycles. The van der Waals surface area contributed by atoms with Crippen molar-refractivity contribution < 1.29 is 14.7 Å². The normalized spacial score (nSPS) is 10.7. The number of carboxylic acids is 1. The number of carbonyl (C=O) groups excluding carboxylic acids is 1. The molecule has 3 heterocycles. The number of nitrogens with one attached hydrogen (secondary N) is 1. The largest absolute Gasteiger partial charge is 0.476 e. The highest BCUT2D eigenvalue weighted by atomic mass is 32.1. The van der Waals surface area contributed by atoms with Gasteiger partial charge in [0.1, 0.15) is 11.7 Å². The number of fused-ring (bicyclic) bond motifs is 3. The summed E-state index contributed by atoms with van der Waals surface area (Å²) in [7, 11) is 0. The summed E-state index contributed by atoms with van der Waals surface area (Å²) in [6.45, 7) is 0. The molecular formula is C18H10N4O3S. The minimum Gasteiger partial charge on any atom is -0.476 e. The number of benzene rings is 1. The lowest BCUT2D eigenvalue weighted by Gasteiger charge is -2.11. The summed E-state index contributed by atoms with van der Waals surface area (Å²) in [5.74, 6) is -1.43. The predicted octanol–water partition coefficient (Wildman–Crippen LogP) is 3.37. The van der Waals surface area contributed by atoms with Crippen molar-refractivity contribution in [1.29, 1.82) is 5.26 Å². The molecule has 0 unspecified atom stereocenters. The number of pyridine rings is 1. The van der Waals surface area contributed by atoms with Crippen LogP contribution in [0.15, 0.2) is 48.0 Å². The Balaban J connectivity index is 1.92. The topological polar surface area (TPSA) is 107 Å². The second-order valence-corrected chi connectivity index (χ2v) is 6.40. The van der Waals surface area contributed by atoms with E-state index in [0.717, 1.165) is 0 Å². The molecule has 0 aliphatic heterocycles. The Bertz CT molecular complexity index is 1220. The number of carboxylic acid groups (broad SMARTS) is 1. The van der Waals surface area contributed by atoms with Gasteiger partial charge in [0.05, 0.1) is 21.6 Å². The maximum absolute atomic E-state index is 12.4. The summed E-state index contributed by atoms with van der Waals surface area (Å²) < 4.78 is 1.63. The predicted molar refractivity (Wildman–Crippen MR) is 96.6 cm³/mol. The van der Waals surface area contributed by atoms with Gasteiger partial charge >= 0.3 is 5.97 Å². The molecule has 1 amide bonds. The van der Waals surface area contributed by atoms with Crippen LogP contribution < -0.4 is 5.32 Å². The van der Waals surface area contributed by atoms with Crippen LogP contribution in [-0.4, -0.2) is 26.4 Å². The van der Waals surface area contributed by atoms with Crippen LogP contribution in [0, 0.1) is 11.3 Å². The molecule has 4 aromatic rings. The van der Waals surface area contributed by atoms with E-state index in [4.69, 9.17) is 5.11 Å². The maximum atomic E-state index is 12.4. The molecule has 4 rings (SSSR count). The standard InChI is InChI=1S/C18H10N4O3S/c19-8-10-3-5-13-11(16(10)21-17(23)14-2-1-7-26-14)4-6-15-20-12(18(24)25)9-22(13)15/h1-7,9H,(H,21,23)(H,24,25). The Morgan fingerprint density at radius 1 is 1.23 bits per heavy atom. The van der Waals surface area contributed by atoms with Crippen molar-refractivity contribution in [2.45, 2.75) is 0 Å². The van der Waals surface area contributed by atoms with Gasteiger partial charge in [0, 0.05) is 11.6 Å². The summed E-state index contributed by atoms with van der Waals surface area (Å²) in [6.07, 6.45) is 1.41. The fourth-order valence-corrected chi connectivity index (χ4v) is 3.38. The molecule has 2 N–H and O–H groups in total. The van der Waals surface area contributed by atoms with E-state index in [2.05, 4.69) is 16.4 Å². The Morgan fingerprint density at radius 3 is 2.77 bits per heavy atom. The van der Waals surface area contributed by atoms with Gasteiger partial charge in [0.15, 0.2) is 5.69 Å². The number of nitrogens with zero attached hydrogens (tertiary/aromatic N) is 3. The highest BCUT2D eigenvalue weighted by molar-refractivity contribution is 7.12. The quantitative estimate of drug-likeness (QED) is 0.581. The Morgan fingerprint density at radius 2 is 2.08 bits per heavy atom. The molecule has 26 heavy (non-hydrogen) atoms. The summed E-state index contributed by atoms with van der Waals surface area (Å²) in [5.41, 5.74) is 1.74. The zero-order valence-corrected chi connectivity index (χ0v) is 13.9. The van der Waals surface area contributed by atoms with Gasteiger partial charge in [0.25, 0.3) is 5.91 Å². The van der Waals surface area contributed by atoms with E-state index in [1.807, 2.05) is 0 Å². The summed E-state index contributed by atoms with van der Waals surface area (Å²) >= 11 is 1.30. The first-order valence-corrected chi connectivity index (χ1v) is 8.39. The van der Waals surface area contributed by atoms with Gasteiger partial charge in [-0.3, -0.25) is 9.20 Å². The first-order chi connectivity index (χ1) is 12.6. The Labute approximate surface area is 150 Å². The lowest BCUT2D eigenvalue weighted by Crippen LogP contribution is -2.12. The van der Waals surface area contributed by atoms with Crippen molar-refractivity contribution in [2.75, 3.05) is 5.32 Å². The van der Waals surface area contributed by atoms with Gasteiger partial charge in [-0.15, -0.1) is 11.3 Å². The number of imidazole rings is 1. The zero-order chi connectivity index (χ0) is 18.3. The van der Waals surface area contributed by atoms with Gasteiger partial charge < -0.3 is 10.4 Å². The van der Waals surface area contributed by atoms with Crippen LogP contribution in [0.1, 0.15) is 25.7 Å². The van der Waals surface area contributed by atoms with Crippen molar-refractivity contribution >= 4 is 45.5 Å². The fraction of sp³-hybridized carbons (Fsp3) is 0. The molecule has 0 fully saturated rings. The number of anilines is 1. The van der Waals surface area contributed by atoms with Crippen molar-refractivity contribution in [3.05, 3.63) is 64.1 Å². The zero-order valence-electron chi connectivity index (χ0n) is 13.1. The highest BCUT2D eigenvalue weighted by Crippen LogP contribution is 2.29. The summed E-state index contributed by atoms with van der Waals surface area (Å²) in [5, 5.41) is 23.8. The number of aromatic carboxylic acids is 1. The van der Waals surface area contributed by atoms with E-state index in [1.165, 1.54) is 17.5 Å². The summed E-state index contributed by atoms with van der Waals surface area (Å²) in [6, 6.07) is 12.2.